The molecule has 0 bridgehead atoms. The maximum absolute atomic E-state index is 12.7. The van der Waals surface area contributed by atoms with Crippen molar-refractivity contribution < 1.29 is 17.7 Å². The van der Waals surface area contributed by atoms with Gasteiger partial charge in [-0.25, -0.2) is 13.1 Å². The molecule has 1 aliphatic carbocycles. The minimum atomic E-state index is -3.83. The van der Waals surface area contributed by atoms with Gasteiger partial charge in [0.05, 0.1) is 11.4 Å². The zero-order valence-corrected chi connectivity index (χ0v) is 16.0. The smallest absolute Gasteiger partial charge is 0.241 e. The van der Waals surface area contributed by atoms with Gasteiger partial charge in [0, 0.05) is 24.6 Å². The average Bonchev–Trinajstić information content (AvgIpc) is 3.15. The van der Waals surface area contributed by atoms with E-state index in [0.29, 0.717) is 41.8 Å². The van der Waals surface area contributed by atoms with E-state index in [9.17, 15) is 13.2 Å². The van der Waals surface area contributed by atoms with E-state index in [0.717, 1.165) is 25.7 Å². The number of nitrogens with zero attached hydrogens (tertiary/aromatic N) is 3. The first-order chi connectivity index (χ1) is 12.9. The summed E-state index contributed by atoms with van der Waals surface area (Å²) in [7, 11) is -3.83. The molecule has 2 aliphatic rings. The maximum Gasteiger partial charge on any atom is 0.241 e. The van der Waals surface area contributed by atoms with Crippen LogP contribution in [0.1, 0.15) is 43.1 Å². The highest BCUT2D eigenvalue weighted by Gasteiger charge is 2.30. The normalized spacial score (nSPS) is 17.4. The summed E-state index contributed by atoms with van der Waals surface area (Å²) in [5.41, 5.74) is 1.16. The van der Waals surface area contributed by atoms with Crippen LogP contribution in [-0.2, 0) is 14.8 Å². The van der Waals surface area contributed by atoms with Gasteiger partial charge >= 0.3 is 0 Å². The van der Waals surface area contributed by atoms with E-state index in [1.807, 2.05) is 0 Å². The first kappa shape index (κ1) is 18.1. The SMILES string of the molecule is Cc1ccc(-c2noc(C3CC3)n2)cc1S(=O)(=O)NCC(=O)N1CCCC1. The van der Waals surface area contributed by atoms with E-state index in [1.165, 1.54) is 6.07 Å². The molecule has 9 heteroatoms. The molecule has 2 heterocycles. The minimum Gasteiger partial charge on any atom is -0.342 e. The minimum absolute atomic E-state index is 0.118. The molecule has 2 aromatic rings. The van der Waals surface area contributed by atoms with Crippen LogP contribution in [-0.4, -0.2) is 49.0 Å². The predicted octanol–water partition coefficient (Wildman–Crippen LogP) is 1.82. The highest BCUT2D eigenvalue weighted by molar-refractivity contribution is 7.89. The summed E-state index contributed by atoms with van der Waals surface area (Å²) in [4.78, 5) is 18.3. The second-order valence-corrected chi connectivity index (χ2v) is 8.86. The molecule has 0 spiro atoms. The molecule has 2 fully saturated rings. The zero-order valence-electron chi connectivity index (χ0n) is 15.1. The number of nitrogens with one attached hydrogen (secondary N) is 1. The quantitative estimate of drug-likeness (QED) is 0.807. The molecule has 1 N–H and O–H groups in total. The number of likely N-dealkylation sites (tertiary alicyclic amines) is 1. The highest BCUT2D eigenvalue weighted by atomic mass is 32.2. The summed E-state index contributed by atoms with van der Waals surface area (Å²) < 4.78 is 33.1. The van der Waals surface area contributed by atoms with Crippen molar-refractivity contribution in [2.24, 2.45) is 0 Å². The Morgan fingerprint density at radius 1 is 1.30 bits per heavy atom. The van der Waals surface area contributed by atoms with Crippen LogP contribution in [0.2, 0.25) is 0 Å². The average molecular weight is 390 g/mol. The molecular formula is C18H22N4O4S. The molecule has 8 nitrogen and oxygen atoms in total. The Labute approximate surface area is 158 Å². The fraction of sp³-hybridized carbons (Fsp3) is 0.500. The van der Waals surface area contributed by atoms with E-state index in [1.54, 1.807) is 24.0 Å². The summed E-state index contributed by atoms with van der Waals surface area (Å²) in [6, 6.07) is 5.00. The van der Waals surface area contributed by atoms with E-state index in [4.69, 9.17) is 4.52 Å². The Kier molecular flexibility index (Phi) is 4.73. The topological polar surface area (TPSA) is 105 Å². The largest absolute Gasteiger partial charge is 0.342 e. The predicted molar refractivity (Wildman–Crippen MR) is 97.4 cm³/mol. The number of rotatable bonds is 6. The van der Waals surface area contributed by atoms with Crippen LogP contribution in [0.15, 0.2) is 27.6 Å². The fourth-order valence-corrected chi connectivity index (χ4v) is 4.43. The number of benzene rings is 1. The molecule has 1 saturated carbocycles. The Bertz CT molecular complexity index is 959. The number of aromatic nitrogens is 2. The van der Waals surface area contributed by atoms with E-state index < -0.39 is 10.0 Å². The van der Waals surface area contributed by atoms with Crippen molar-refractivity contribution >= 4 is 15.9 Å². The molecule has 144 valence electrons. The van der Waals surface area contributed by atoms with Gasteiger partial charge in [0.15, 0.2) is 0 Å². The Hall–Kier alpha value is -2.26. The van der Waals surface area contributed by atoms with Gasteiger partial charge in [-0.2, -0.15) is 4.98 Å². The molecule has 27 heavy (non-hydrogen) atoms. The van der Waals surface area contributed by atoms with Crippen molar-refractivity contribution in [2.75, 3.05) is 19.6 Å². The molecular weight excluding hydrogens is 368 g/mol. The second kappa shape index (κ2) is 7.05. The van der Waals surface area contributed by atoms with Crippen LogP contribution in [0, 0.1) is 6.92 Å². The van der Waals surface area contributed by atoms with Crippen LogP contribution in [0.3, 0.4) is 0 Å². The molecule has 0 atom stereocenters. The summed E-state index contributed by atoms with van der Waals surface area (Å²) >= 11 is 0. The number of carbonyl (C=O) groups excluding carboxylic acids is 1. The van der Waals surface area contributed by atoms with Crippen molar-refractivity contribution in [3.05, 3.63) is 29.7 Å². The van der Waals surface area contributed by atoms with E-state index in [2.05, 4.69) is 14.9 Å². The van der Waals surface area contributed by atoms with Crippen LogP contribution in [0.4, 0.5) is 0 Å². The van der Waals surface area contributed by atoms with Gasteiger partial charge < -0.3 is 9.42 Å². The van der Waals surface area contributed by atoms with Crippen LogP contribution in [0.5, 0.6) is 0 Å². The Morgan fingerprint density at radius 3 is 2.74 bits per heavy atom. The zero-order chi connectivity index (χ0) is 19.0. The molecule has 1 aromatic heterocycles. The van der Waals surface area contributed by atoms with Crippen molar-refractivity contribution in [1.82, 2.24) is 19.8 Å². The number of amides is 1. The first-order valence-corrected chi connectivity index (χ1v) is 10.6. The van der Waals surface area contributed by atoms with Crippen LogP contribution >= 0.6 is 0 Å². The third-order valence-corrected chi connectivity index (χ3v) is 6.52. The number of aryl methyl sites for hydroxylation is 1. The lowest BCUT2D eigenvalue weighted by molar-refractivity contribution is -0.128. The summed E-state index contributed by atoms with van der Waals surface area (Å²) in [5, 5.41) is 3.96. The molecule has 1 amide bonds. The lowest BCUT2D eigenvalue weighted by Crippen LogP contribution is -2.38. The number of hydrogen-bond donors (Lipinski definition) is 1. The number of sulfonamides is 1. The highest BCUT2D eigenvalue weighted by Crippen LogP contribution is 2.39. The molecule has 0 radical (unpaired) electrons. The van der Waals surface area contributed by atoms with Gasteiger partial charge in [-0.05, 0) is 44.2 Å². The van der Waals surface area contributed by atoms with E-state index in [-0.39, 0.29) is 17.3 Å². The molecule has 0 unspecified atom stereocenters. The molecule has 1 saturated heterocycles. The van der Waals surface area contributed by atoms with Gasteiger partial charge in [0.1, 0.15) is 0 Å². The first-order valence-electron chi connectivity index (χ1n) is 9.16. The maximum atomic E-state index is 12.7. The summed E-state index contributed by atoms with van der Waals surface area (Å²) in [5.74, 6) is 1.11. The number of carbonyl (C=O) groups is 1. The lowest BCUT2D eigenvalue weighted by atomic mass is 10.1. The summed E-state index contributed by atoms with van der Waals surface area (Å²) in [6.45, 7) is 2.86. The van der Waals surface area contributed by atoms with Crippen molar-refractivity contribution in [3.8, 4) is 11.4 Å². The standard InChI is InChI=1S/C18H22N4O4S/c1-12-4-5-14(17-20-18(26-21-17)13-6-7-13)10-15(12)27(24,25)19-11-16(23)22-8-2-3-9-22/h4-5,10,13,19H,2-3,6-9,11H2,1H3. The molecule has 1 aromatic carbocycles. The van der Waals surface area contributed by atoms with Gasteiger partial charge in [-0.1, -0.05) is 17.3 Å². The number of hydrogen-bond acceptors (Lipinski definition) is 6. The molecule has 4 rings (SSSR count). The lowest BCUT2D eigenvalue weighted by Gasteiger charge is -2.16. The van der Waals surface area contributed by atoms with Gasteiger partial charge in [-0.3, -0.25) is 4.79 Å². The van der Waals surface area contributed by atoms with Crippen molar-refractivity contribution in [2.45, 2.75) is 43.4 Å². The van der Waals surface area contributed by atoms with Crippen molar-refractivity contribution in [1.29, 1.82) is 0 Å². The van der Waals surface area contributed by atoms with Crippen molar-refractivity contribution in [3.63, 3.8) is 0 Å². The van der Waals surface area contributed by atoms with Crippen LogP contribution in [0.25, 0.3) is 11.4 Å². The third-order valence-electron chi connectivity index (χ3n) is 4.98. The fourth-order valence-electron chi connectivity index (χ4n) is 3.19. The Morgan fingerprint density at radius 2 is 2.04 bits per heavy atom. The van der Waals surface area contributed by atoms with Crippen LogP contribution < -0.4 is 4.72 Å². The van der Waals surface area contributed by atoms with E-state index >= 15 is 0 Å². The monoisotopic (exact) mass is 390 g/mol. The third kappa shape index (κ3) is 3.89. The van der Waals surface area contributed by atoms with Gasteiger partial charge in [0.2, 0.25) is 27.6 Å². The summed E-state index contributed by atoms with van der Waals surface area (Å²) in [6.07, 6.45) is 4.02. The molecule has 1 aliphatic heterocycles. The Balaban J connectivity index is 1.53. The second-order valence-electron chi connectivity index (χ2n) is 7.12. The van der Waals surface area contributed by atoms with Gasteiger partial charge in [0.25, 0.3) is 0 Å². The van der Waals surface area contributed by atoms with Gasteiger partial charge in [-0.15, -0.1) is 0 Å².